The smallest absolute Gasteiger partial charge is 0.425 e. The molecule has 2 N–H and O–H groups in total. The number of aromatic amines is 1. The topological polar surface area (TPSA) is 104 Å². The zero-order chi connectivity index (χ0) is 36.8. The van der Waals surface area contributed by atoms with Gasteiger partial charge >= 0.3 is 16.3 Å². The maximum absolute atomic E-state index is 13.7. The van der Waals surface area contributed by atoms with Crippen LogP contribution in [-0.2, 0) is 33.5 Å². The summed E-state index contributed by atoms with van der Waals surface area (Å²) >= 11 is 6.04. The number of nitrogens with one attached hydrogen (secondary N) is 2. The van der Waals surface area contributed by atoms with Crippen LogP contribution in [0.4, 0.5) is 4.79 Å². The van der Waals surface area contributed by atoms with E-state index in [1.54, 1.807) is 51.4 Å². The second kappa shape index (κ2) is 15.6. The fourth-order valence-corrected chi connectivity index (χ4v) is 7.76. The molecule has 0 aliphatic rings. The zero-order valence-corrected chi connectivity index (χ0v) is 30.8. The number of carbonyl (C=O) groups excluding carboxylic acids is 1. The molecule has 8 nitrogen and oxygen atoms in total. The Labute approximate surface area is 310 Å². The predicted molar refractivity (Wildman–Crippen MR) is 205 cm³/mol. The molecular weight excluding hydrogens is 692 g/mol. The summed E-state index contributed by atoms with van der Waals surface area (Å²) in [5, 5.41) is 0.500. The molecule has 0 saturated carbocycles. The van der Waals surface area contributed by atoms with Crippen molar-refractivity contribution in [2.45, 2.75) is 50.8 Å². The van der Waals surface area contributed by atoms with Gasteiger partial charge in [0.05, 0.1) is 24.0 Å². The zero-order valence-electron chi connectivity index (χ0n) is 29.2. The van der Waals surface area contributed by atoms with E-state index in [1.165, 1.54) is 0 Å². The van der Waals surface area contributed by atoms with Gasteiger partial charge in [-0.1, -0.05) is 139 Å². The quantitative estimate of drug-likeness (QED) is 0.122. The SMILES string of the molecule is CC(C)(C)OC(=O)N(Cc1ccc(Cl)cc1)S(=O)(=O)NCc1ccc(C(c2c[nH]cn2)C(c2ccccc2)(c2ccccc2)c2ccccc2)cc1. The number of amides is 1. The van der Waals surface area contributed by atoms with Crippen molar-refractivity contribution in [1.82, 2.24) is 19.0 Å². The van der Waals surface area contributed by atoms with E-state index in [4.69, 9.17) is 21.3 Å². The minimum absolute atomic E-state index is 0.0587. The summed E-state index contributed by atoms with van der Waals surface area (Å²) in [5.41, 5.74) is 4.80. The molecule has 0 aliphatic heterocycles. The van der Waals surface area contributed by atoms with Crippen molar-refractivity contribution in [3.63, 3.8) is 0 Å². The summed E-state index contributed by atoms with van der Waals surface area (Å²) in [4.78, 5) is 21.2. The second-order valence-electron chi connectivity index (χ2n) is 13.5. The van der Waals surface area contributed by atoms with E-state index in [0.717, 1.165) is 27.9 Å². The van der Waals surface area contributed by atoms with Gasteiger partial charge in [-0.25, -0.2) is 9.78 Å². The van der Waals surface area contributed by atoms with Gasteiger partial charge in [-0.05, 0) is 66.3 Å². The van der Waals surface area contributed by atoms with Crippen molar-refractivity contribution >= 4 is 27.9 Å². The molecule has 0 radical (unpaired) electrons. The van der Waals surface area contributed by atoms with Gasteiger partial charge < -0.3 is 9.72 Å². The third kappa shape index (κ3) is 8.12. The summed E-state index contributed by atoms with van der Waals surface area (Å²) in [6.45, 7) is 4.77. The maximum Gasteiger partial charge on any atom is 0.425 e. The number of H-pyrrole nitrogens is 1. The number of halogens is 1. The molecule has 0 spiro atoms. The lowest BCUT2D eigenvalue weighted by atomic mass is 9.59. The lowest BCUT2D eigenvalue weighted by Gasteiger charge is -2.42. The molecule has 0 fully saturated rings. The highest BCUT2D eigenvalue weighted by atomic mass is 35.5. The average Bonchev–Trinajstić information content (AvgIpc) is 3.68. The molecule has 6 aromatic rings. The molecule has 1 heterocycles. The van der Waals surface area contributed by atoms with E-state index in [-0.39, 0.29) is 19.0 Å². The lowest BCUT2D eigenvalue weighted by molar-refractivity contribution is 0.0379. The molecule has 0 bridgehead atoms. The van der Waals surface area contributed by atoms with E-state index in [1.807, 2.05) is 48.7 Å². The fourth-order valence-electron chi connectivity index (χ4n) is 6.57. The minimum Gasteiger partial charge on any atom is -0.443 e. The van der Waals surface area contributed by atoms with E-state index in [2.05, 4.69) is 82.5 Å². The van der Waals surface area contributed by atoms with Crippen LogP contribution in [0.5, 0.6) is 0 Å². The van der Waals surface area contributed by atoms with Gasteiger partial charge in [-0.2, -0.15) is 17.4 Å². The largest absolute Gasteiger partial charge is 0.443 e. The van der Waals surface area contributed by atoms with Gasteiger partial charge in [0.1, 0.15) is 5.60 Å². The lowest BCUT2D eigenvalue weighted by Crippen LogP contribution is -2.45. The molecule has 1 unspecified atom stereocenters. The summed E-state index contributed by atoms with van der Waals surface area (Å²) < 4.78 is 36.2. The molecule has 1 aromatic heterocycles. The molecule has 1 atom stereocenters. The van der Waals surface area contributed by atoms with Gasteiger partial charge in [0.15, 0.2) is 0 Å². The number of ether oxygens (including phenoxy) is 1. The number of nitrogens with zero attached hydrogens (tertiary/aromatic N) is 2. The van der Waals surface area contributed by atoms with Crippen molar-refractivity contribution in [2.75, 3.05) is 0 Å². The van der Waals surface area contributed by atoms with Gasteiger partial charge in [0, 0.05) is 23.7 Å². The van der Waals surface area contributed by atoms with Crippen LogP contribution in [0.15, 0.2) is 152 Å². The van der Waals surface area contributed by atoms with Crippen LogP contribution >= 0.6 is 11.6 Å². The number of rotatable bonds is 12. The van der Waals surface area contributed by atoms with Gasteiger partial charge in [0.2, 0.25) is 0 Å². The molecule has 266 valence electrons. The van der Waals surface area contributed by atoms with Crippen LogP contribution in [0.2, 0.25) is 5.02 Å². The highest BCUT2D eigenvalue weighted by Gasteiger charge is 2.46. The predicted octanol–water partition coefficient (Wildman–Crippen LogP) is 9.00. The van der Waals surface area contributed by atoms with E-state index < -0.39 is 27.3 Å². The van der Waals surface area contributed by atoms with Gasteiger partial charge in [-0.3, -0.25) is 0 Å². The van der Waals surface area contributed by atoms with Crippen molar-refractivity contribution in [3.8, 4) is 0 Å². The first kappa shape index (κ1) is 36.6. The van der Waals surface area contributed by atoms with E-state index >= 15 is 0 Å². The number of imidazole rings is 1. The average molecular weight is 733 g/mol. The number of benzene rings is 5. The number of carbonyl (C=O) groups is 1. The summed E-state index contributed by atoms with van der Waals surface area (Å²) in [6, 6.07) is 45.8. The third-order valence-corrected chi connectivity index (χ3v) is 10.5. The van der Waals surface area contributed by atoms with E-state index in [0.29, 0.717) is 20.5 Å². The first-order valence-corrected chi connectivity index (χ1v) is 18.8. The maximum atomic E-state index is 13.7. The van der Waals surface area contributed by atoms with Gasteiger partial charge in [0.25, 0.3) is 0 Å². The van der Waals surface area contributed by atoms with E-state index in [9.17, 15) is 13.2 Å². The molecular formula is C42H41ClN4O4S. The Hall–Kier alpha value is -5.22. The van der Waals surface area contributed by atoms with Crippen LogP contribution in [0.25, 0.3) is 0 Å². The van der Waals surface area contributed by atoms with Crippen LogP contribution < -0.4 is 4.72 Å². The minimum atomic E-state index is -4.33. The Morgan fingerprint density at radius 3 is 1.73 bits per heavy atom. The second-order valence-corrected chi connectivity index (χ2v) is 15.6. The summed E-state index contributed by atoms with van der Waals surface area (Å²) in [5.74, 6) is -0.293. The monoisotopic (exact) mass is 732 g/mol. The van der Waals surface area contributed by atoms with Crippen molar-refractivity contribution in [2.24, 2.45) is 0 Å². The molecule has 10 heteroatoms. The fraction of sp³-hybridized carbons (Fsp3) is 0.190. The molecule has 0 saturated heterocycles. The normalized spacial score (nSPS) is 12.6. The molecule has 6 rings (SSSR count). The Kier molecular flexibility index (Phi) is 11.0. The van der Waals surface area contributed by atoms with Crippen LogP contribution in [-0.4, -0.2) is 34.4 Å². The summed E-state index contributed by atoms with van der Waals surface area (Å²) in [6.07, 6.45) is 2.64. The third-order valence-electron chi connectivity index (χ3n) is 8.83. The summed E-state index contributed by atoms with van der Waals surface area (Å²) in [7, 11) is -4.33. The van der Waals surface area contributed by atoms with Crippen LogP contribution in [0.1, 0.15) is 65.8 Å². The Morgan fingerprint density at radius 1 is 0.769 bits per heavy atom. The molecule has 0 aliphatic carbocycles. The Bertz CT molecular complexity index is 2060. The Morgan fingerprint density at radius 2 is 1.27 bits per heavy atom. The molecule has 1 amide bonds. The highest BCUT2D eigenvalue weighted by Crippen LogP contribution is 2.52. The number of aromatic nitrogens is 2. The van der Waals surface area contributed by atoms with Crippen LogP contribution in [0, 0.1) is 0 Å². The Balaban J connectivity index is 1.37. The van der Waals surface area contributed by atoms with Crippen molar-refractivity contribution < 1.29 is 17.9 Å². The molecule has 52 heavy (non-hydrogen) atoms. The van der Waals surface area contributed by atoms with Crippen molar-refractivity contribution in [1.29, 1.82) is 0 Å². The van der Waals surface area contributed by atoms with Crippen molar-refractivity contribution in [3.05, 3.63) is 196 Å². The molecule has 5 aromatic carbocycles. The van der Waals surface area contributed by atoms with Gasteiger partial charge in [-0.15, -0.1) is 0 Å². The first-order valence-electron chi connectivity index (χ1n) is 17.0. The first-order chi connectivity index (χ1) is 25.0. The van der Waals surface area contributed by atoms with Crippen LogP contribution in [0.3, 0.4) is 0 Å². The highest BCUT2D eigenvalue weighted by molar-refractivity contribution is 7.87. The number of hydrogen-bond donors (Lipinski definition) is 2. The standard InChI is InChI=1S/C42H41ClN4O4S/c1-41(2,3)51-40(48)47(29-32-21-25-37(43)26-22-32)52(49,50)46-27-31-19-23-33(24-20-31)39(38-28-44-30-45-38)42(34-13-7-4-8-14-34,35-15-9-5-10-16-35)36-17-11-6-12-18-36/h4-26,28,30,39,46H,27,29H2,1-3H3,(H,44,45). The number of hydrogen-bond acceptors (Lipinski definition) is 5.